The van der Waals surface area contributed by atoms with Gasteiger partial charge in [0.1, 0.15) is 0 Å². The van der Waals surface area contributed by atoms with Crippen molar-refractivity contribution in [2.75, 3.05) is 18.0 Å². The molecule has 0 spiro atoms. The zero-order valence-electron chi connectivity index (χ0n) is 10.7. The maximum Gasteiger partial charge on any atom is 0.152 e. The van der Waals surface area contributed by atoms with E-state index in [-0.39, 0.29) is 0 Å². The summed E-state index contributed by atoms with van der Waals surface area (Å²) in [5, 5.41) is 8.72. The molecule has 0 bridgehead atoms. The summed E-state index contributed by atoms with van der Waals surface area (Å²) in [4.78, 5) is 13.2. The Balaban J connectivity index is 3.06. The molecule has 0 saturated heterocycles. The summed E-state index contributed by atoms with van der Waals surface area (Å²) in [5.41, 5.74) is 1.56. The second-order valence-electron chi connectivity index (χ2n) is 4.57. The molecule has 18 heavy (non-hydrogen) atoms. The zero-order valence-corrected chi connectivity index (χ0v) is 12.3. The molecule has 1 aromatic rings. The number of rotatable bonds is 6. The molecule has 0 fully saturated rings. The van der Waals surface area contributed by atoms with E-state index in [4.69, 9.17) is 5.26 Å². The molecule has 0 aliphatic rings. The van der Waals surface area contributed by atoms with Gasteiger partial charge in [-0.1, -0.05) is 29.8 Å². The second-order valence-corrected chi connectivity index (χ2v) is 5.48. The quantitative estimate of drug-likeness (QED) is 0.754. The molecule has 1 aromatic carbocycles. The molecule has 96 valence electrons. The van der Waals surface area contributed by atoms with Gasteiger partial charge in [0.25, 0.3) is 0 Å². The number of halogens is 1. The van der Waals surface area contributed by atoms with Crippen LogP contribution in [-0.4, -0.2) is 19.4 Å². The van der Waals surface area contributed by atoms with Crippen LogP contribution in [0.2, 0.25) is 0 Å². The summed E-state index contributed by atoms with van der Waals surface area (Å²) in [6, 6.07) is 7.74. The maximum atomic E-state index is 11.1. The van der Waals surface area contributed by atoms with E-state index < -0.39 is 0 Å². The van der Waals surface area contributed by atoms with Gasteiger partial charge >= 0.3 is 0 Å². The van der Waals surface area contributed by atoms with Crippen molar-refractivity contribution in [3.05, 3.63) is 28.2 Å². The van der Waals surface area contributed by atoms with Gasteiger partial charge < -0.3 is 4.90 Å². The standard InChI is InChI=1S/C14H17BrN2O/c1-11(2)9-17(7-3-6-16)14-8-13(15)5-4-12(14)10-18/h4-5,8,10-11H,3,7,9H2,1-2H3. The van der Waals surface area contributed by atoms with E-state index in [0.29, 0.717) is 24.4 Å². The molecule has 0 unspecified atom stereocenters. The number of hydrogen-bond donors (Lipinski definition) is 0. The molecule has 4 heteroatoms. The van der Waals surface area contributed by atoms with Crippen LogP contribution in [0, 0.1) is 17.2 Å². The fraction of sp³-hybridized carbons (Fsp3) is 0.429. The topological polar surface area (TPSA) is 44.1 Å². The first kappa shape index (κ1) is 14.7. The molecule has 1 rings (SSSR count). The molecule has 0 radical (unpaired) electrons. The Morgan fingerprint density at radius 3 is 2.78 bits per heavy atom. The Morgan fingerprint density at radius 2 is 2.22 bits per heavy atom. The lowest BCUT2D eigenvalue weighted by molar-refractivity contribution is 0.112. The van der Waals surface area contributed by atoms with Crippen LogP contribution in [0.15, 0.2) is 22.7 Å². The summed E-state index contributed by atoms with van der Waals surface area (Å²) in [5.74, 6) is 0.474. The monoisotopic (exact) mass is 308 g/mol. The van der Waals surface area contributed by atoms with Crippen molar-refractivity contribution in [3.8, 4) is 6.07 Å². The highest BCUT2D eigenvalue weighted by Crippen LogP contribution is 2.25. The van der Waals surface area contributed by atoms with Crippen LogP contribution < -0.4 is 4.90 Å². The first-order valence-electron chi connectivity index (χ1n) is 5.95. The summed E-state index contributed by atoms with van der Waals surface area (Å²) >= 11 is 3.42. The summed E-state index contributed by atoms with van der Waals surface area (Å²) in [6.07, 6.45) is 1.32. The third-order valence-corrected chi connectivity index (χ3v) is 3.03. The van der Waals surface area contributed by atoms with E-state index in [1.54, 1.807) is 6.07 Å². The average molecular weight is 309 g/mol. The van der Waals surface area contributed by atoms with E-state index in [1.165, 1.54) is 0 Å². The zero-order chi connectivity index (χ0) is 13.5. The average Bonchev–Trinajstić information content (AvgIpc) is 2.34. The number of anilines is 1. The van der Waals surface area contributed by atoms with Gasteiger partial charge in [-0.2, -0.15) is 5.26 Å². The molecule has 0 amide bonds. The summed E-state index contributed by atoms with van der Waals surface area (Å²) < 4.78 is 0.939. The van der Waals surface area contributed by atoms with E-state index in [0.717, 1.165) is 23.0 Å². The molecule has 0 N–H and O–H groups in total. The van der Waals surface area contributed by atoms with Crippen molar-refractivity contribution in [2.24, 2.45) is 5.92 Å². The van der Waals surface area contributed by atoms with Gasteiger partial charge in [-0.05, 0) is 24.1 Å². The van der Waals surface area contributed by atoms with E-state index in [2.05, 4.69) is 40.7 Å². The predicted octanol–water partition coefficient (Wildman–Crippen LogP) is 3.64. The first-order chi connectivity index (χ1) is 8.58. The molecule has 0 saturated carbocycles. The summed E-state index contributed by atoms with van der Waals surface area (Å²) in [6.45, 7) is 5.72. The largest absolute Gasteiger partial charge is 0.370 e. The second kappa shape index (κ2) is 7.17. The maximum absolute atomic E-state index is 11.1. The normalized spacial score (nSPS) is 10.2. The highest BCUT2D eigenvalue weighted by molar-refractivity contribution is 9.10. The minimum Gasteiger partial charge on any atom is -0.370 e. The van der Waals surface area contributed by atoms with Crippen LogP contribution in [0.1, 0.15) is 30.6 Å². The number of aldehydes is 1. The van der Waals surface area contributed by atoms with Crippen molar-refractivity contribution in [2.45, 2.75) is 20.3 Å². The minimum absolute atomic E-state index is 0.456. The van der Waals surface area contributed by atoms with Crippen LogP contribution in [0.3, 0.4) is 0 Å². The van der Waals surface area contributed by atoms with Crippen molar-refractivity contribution in [1.29, 1.82) is 5.26 Å². The van der Waals surface area contributed by atoms with Gasteiger partial charge in [0.15, 0.2) is 6.29 Å². The molecule has 3 nitrogen and oxygen atoms in total. The SMILES string of the molecule is CC(C)CN(CCC#N)c1cc(Br)ccc1C=O. The van der Waals surface area contributed by atoms with Gasteiger partial charge in [0.2, 0.25) is 0 Å². The molecular weight excluding hydrogens is 292 g/mol. The predicted molar refractivity (Wildman–Crippen MR) is 76.8 cm³/mol. The lowest BCUT2D eigenvalue weighted by atomic mass is 10.1. The lowest BCUT2D eigenvalue weighted by Crippen LogP contribution is -2.29. The van der Waals surface area contributed by atoms with Gasteiger partial charge in [-0.3, -0.25) is 4.79 Å². The Hall–Kier alpha value is -1.34. The number of carbonyl (C=O) groups excluding carboxylic acids is 1. The van der Waals surface area contributed by atoms with Crippen LogP contribution >= 0.6 is 15.9 Å². The minimum atomic E-state index is 0.456. The fourth-order valence-corrected chi connectivity index (χ4v) is 2.18. The highest BCUT2D eigenvalue weighted by atomic mass is 79.9. The molecular formula is C14H17BrN2O. The van der Waals surface area contributed by atoms with E-state index in [9.17, 15) is 4.79 Å². The molecule has 0 aliphatic heterocycles. The first-order valence-corrected chi connectivity index (χ1v) is 6.74. The van der Waals surface area contributed by atoms with Crippen LogP contribution in [0.5, 0.6) is 0 Å². The third kappa shape index (κ3) is 4.15. The van der Waals surface area contributed by atoms with Crippen LogP contribution in [-0.2, 0) is 0 Å². The number of benzene rings is 1. The smallest absolute Gasteiger partial charge is 0.152 e. The third-order valence-electron chi connectivity index (χ3n) is 2.54. The molecule has 0 aromatic heterocycles. The van der Waals surface area contributed by atoms with Crippen molar-refractivity contribution in [3.63, 3.8) is 0 Å². The Kier molecular flexibility index (Phi) is 5.87. The van der Waals surface area contributed by atoms with Crippen LogP contribution in [0.4, 0.5) is 5.69 Å². The van der Waals surface area contributed by atoms with Gasteiger partial charge in [-0.25, -0.2) is 0 Å². The Morgan fingerprint density at radius 1 is 1.50 bits per heavy atom. The van der Waals surface area contributed by atoms with Crippen LogP contribution in [0.25, 0.3) is 0 Å². The van der Waals surface area contributed by atoms with Gasteiger partial charge in [-0.15, -0.1) is 0 Å². The van der Waals surface area contributed by atoms with Crippen molar-refractivity contribution >= 4 is 27.9 Å². The van der Waals surface area contributed by atoms with E-state index in [1.807, 2.05) is 12.1 Å². The Bertz CT molecular complexity index is 452. The lowest BCUT2D eigenvalue weighted by Gasteiger charge is -2.27. The van der Waals surface area contributed by atoms with Crippen molar-refractivity contribution in [1.82, 2.24) is 0 Å². The Labute approximate surface area is 117 Å². The highest BCUT2D eigenvalue weighted by Gasteiger charge is 2.12. The number of hydrogen-bond acceptors (Lipinski definition) is 3. The molecule has 0 heterocycles. The summed E-state index contributed by atoms with van der Waals surface area (Å²) in [7, 11) is 0. The fourth-order valence-electron chi connectivity index (χ4n) is 1.83. The van der Waals surface area contributed by atoms with Gasteiger partial charge in [0, 0.05) is 28.8 Å². The molecule has 0 atom stereocenters. The van der Waals surface area contributed by atoms with Gasteiger partial charge in [0.05, 0.1) is 12.5 Å². The number of nitrogens with zero attached hydrogens (tertiary/aromatic N) is 2. The molecule has 0 aliphatic carbocycles. The number of nitriles is 1. The number of carbonyl (C=O) groups is 1. The van der Waals surface area contributed by atoms with E-state index >= 15 is 0 Å². The van der Waals surface area contributed by atoms with Crippen molar-refractivity contribution < 1.29 is 4.79 Å².